The van der Waals surface area contributed by atoms with Crippen molar-refractivity contribution in [3.8, 4) is 5.75 Å². The maximum absolute atomic E-state index is 12.9. The molecule has 236 valence electrons. The molecular formula is C38H57N2O2S+. The van der Waals surface area contributed by atoms with E-state index >= 15 is 0 Å². The molecule has 0 spiro atoms. The van der Waals surface area contributed by atoms with Crippen molar-refractivity contribution in [3.63, 3.8) is 0 Å². The number of ether oxygens (including phenoxy) is 1. The predicted molar refractivity (Wildman–Crippen MR) is 183 cm³/mol. The highest BCUT2D eigenvalue weighted by molar-refractivity contribution is 7.07. The number of benzene rings is 2. The van der Waals surface area contributed by atoms with Gasteiger partial charge in [-0.25, -0.2) is 0 Å². The Balaban J connectivity index is 1.34. The molecule has 0 aliphatic carbocycles. The molecule has 3 rings (SSSR count). The maximum Gasteiger partial charge on any atom is 0.228 e. The van der Waals surface area contributed by atoms with Crippen molar-refractivity contribution in [1.82, 2.24) is 0 Å². The smallest absolute Gasteiger partial charge is 0.228 e. The van der Waals surface area contributed by atoms with Crippen LogP contribution in [-0.2, 0) is 23.2 Å². The molecule has 43 heavy (non-hydrogen) atoms. The maximum atomic E-state index is 12.9. The molecule has 0 aliphatic heterocycles. The first-order valence-corrected chi connectivity index (χ1v) is 17.9. The highest BCUT2D eigenvalue weighted by atomic mass is 32.1. The van der Waals surface area contributed by atoms with Crippen LogP contribution >= 0.6 is 11.3 Å². The van der Waals surface area contributed by atoms with E-state index in [4.69, 9.17) is 4.74 Å². The molecular weight excluding hydrogens is 548 g/mol. The standard InChI is InChI=1S/C38H56N2O2S/c1-5-6-7-8-9-10-11-12-13-14-15-16-17-18-26-42-36-24-21-33(28-35(36)38(2,3)4)29-37(41)39-34-22-19-32(20-23-34)30-40-25-27-43-31-40/h19-25,27-28,31H,5-18,26,29-30H2,1-4H3/p+1. The molecule has 1 aromatic heterocycles. The molecule has 5 heteroatoms. The highest BCUT2D eigenvalue weighted by Gasteiger charge is 2.20. The summed E-state index contributed by atoms with van der Waals surface area (Å²) in [6.07, 6.45) is 21.4. The Morgan fingerprint density at radius 3 is 1.93 bits per heavy atom. The van der Waals surface area contributed by atoms with Crippen molar-refractivity contribution in [2.75, 3.05) is 11.9 Å². The van der Waals surface area contributed by atoms with Crippen molar-refractivity contribution >= 4 is 22.9 Å². The quantitative estimate of drug-likeness (QED) is 0.0969. The van der Waals surface area contributed by atoms with E-state index in [-0.39, 0.29) is 11.3 Å². The van der Waals surface area contributed by atoms with Crippen LogP contribution < -0.4 is 14.6 Å². The Labute approximate surface area is 266 Å². The lowest BCUT2D eigenvalue weighted by atomic mass is 9.85. The van der Waals surface area contributed by atoms with E-state index in [2.05, 4.69) is 78.9 Å². The zero-order valence-corrected chi connectivity index (χ0v) is 28.3. The van der Waals surface area contributed by atoms with Crippen molar-refractivity contribution < 1.29 is 14.1 Å². The minimum Gasteiger partial charge on any atom is -0.493 e. The van der Waals surface area contributed by atoms with Gasteiger partial charge in [-0.15, -0.1) is 0 Å². The number of rotatable bonds is 21. The minimum atomic E-state index is -0.0619. The monoisotopic (exact) mass is 605 g/mol. The van der Waals surface area contributed by atoms with Gasteiger partial charge in [0.15, 0.2) is 12.7 Å². The molecule has 1 N–H and O–H groups in total. The van der Waals surface area contributed by atoms with Crippen molar-refractivity contribution in [3.05, 3.63) is 76.2 Å². The van der Waals surface area contributed by atoms with Gasteiger partial charge in [-0.05, 0) is 41.2 Å². The van der Waals surface area contributed by atoms with Crippen molar-refractivity contribution in [2.24, 2.45) is 0 Å². The van der Waals surface area contributed by atoms with Gasteiger partial charge in [-0.3, -0.25) is 4.79 Å². The van der Waals surface area contributed by atoms with E-state index in [0.717, 1.165) is 36.6 Å². The molecule has 0 fully saturated rings. The number of anilines is 1. The SMILES string of the molecule is CCCCCCCCCCCCCCCCOc1ccc(CC(=O)Nc2ccc(C[n+]3ccsc3)cc2)cc1C(C)(C)C. The molecule has 0 bridgehead atoms. The Kier molecular flexibility index (Phi) is 15.9. The summed E-state index contributed by atoms with van der Waals surface area (Å²) in [5, 5.41) is 5.13. The number of hydrogen-bond acceptors (Lipinski definition) is 3. The molecule has 0 radical (unpaired) electrons. The fraction of sp³-hybridized carbons (Fsp3) is 0.579. The van der Waals surface area contributed by atoms with Crippen LogP contribution in [0.4, 0.5) is 5.69 Å². The van der Waals surface area contributed by atoms with Gasteiger partial charge in [0.1, 0.15) is 5.75 Å². The largest absolute Gasteiger partial charge is 0.493 e. The van der Waals surface area contributed by atoms with Gasteiger partial charge in [-0.1, -0.05) is 147 Å². The summed E-state index contributed by atoms with van der Waals surface area (Å²) in [4.78, 5) is 12.9. The first-order chi connectivity index (χ1) is 20.8. The molecule has 0 saturated carbocycles. The van der Waals surface area contributed by atoms with Crippen LogP contribution in [0.15, 0.2) is 59.6 Å². The third-order valence-corrected chi connectivity index (χ3v) is 8.77. The fourth-order valence-electron chi connectivity index (χ4n) is 5.52. The Hall–Kier alpha value is -2.66. The number of carbonyl (C=O) groups excluding carboxylic acids is 1. The number of hydrogen-bond donors (Lipinski definition) is 1. The Bertz CT molecular complexity index is 1170. The van der Waals surface area contributed by atoms with Gasteiger partial charge in [-0.2, -0.15) is 4.57 Å². The van der Waals surface area contributed by atoms with Crippen LogP contribution in [0.3, 0.4) is 0 Å². The fourth-order valence-corrected chi connectivity index (χ4v) is 6.12. The molecule has 0 atom stereocenters. The van der Waals surface area contributed by atoms with Gasteiger partial charge in [0.2, 0.25) is 11.4 Å². The molecule has 2 aromatic carbocycles. The number of aromatic nitrogens is 1. The summed E-state index contributed by atoms with van der Waals surface area (Å²) < 4.78 is 8.42. The summed E-state index contributed by atoms with van der Waals surface area (Å²) in [7, 11) is 0. The third kappa shape index (κ3) is 14.1. The average Bonchev–Trinajstić information content (AvgIpc) is 3.49. The van der Waals surface area contributed by atoms with E-state index in [1.165, 1.54) is 94.6 Å². The molecule has 3 aromatic rings. The van der Waals surface area contributed by atoms with E-state index in [0.29, 0.717) is 6.42 Å². The zero-order valence-electron chi connectivity index (χ0n) is 27.5. The first kappa shape index (κ1) is 34.8. The molecule has 0 saturated heterocycles. The predicted octanol–water partition coefficient (Wildman–Crippen LogP) is 10.4. The van der Waals surface area contributed by atoms with Crippen LogP contribution in [0.2, 0.25) is 0 Å². The summed E-state index contributed by atoms with van der Waals surface area (Å²) in [6.45, 7) is 10.5. The minimum absolute atomic E-state index is 0.00380. The lowest BCUT2D eigenvalue weighted by Crippen LogP contribution is -2.30. The molecule has 0 unspecified atom stereocenters. The third-order valence-electron chi connectivity index (χ3n) is 8.10. The average molecular weight is 606 g/mol. The normalized spacial score (nSPS) is 11.5. The summed E-state index contributed by atoms with van der Waals surface area (Å²) in [6, 6.07) is 14.4. The van der Waals surface area contributed by atoms with E-state index in [1.54, 1.807) is 11.3 Å². The second-order valence-electron chi connectivity index (χ2n) is 13.1. The van der Waals surface area contributed by atoms with Crippen LogP contribution in [0.1, 0.15) is 134 Å². The topological polar surface area (TPSA) is 42.2 Å². The second-order valence-corrected chi connectivity index (χ2v) is 13.9. The van der Waals surface area contributed by atoms with Gasteiger partial charge in [0, 0.05) is 11.3 Å². The molecule has 4 nitrogen and oxygen atoms in total. The van der Waals surface area contributed by atoms with Gasteiger partial charge in [0.05, 0.1) is 18.4 Å². The summed E-state index contributed by atoms with van der Waals surface area (Å²) in [5.74, 6) is 0.946. The Morgan fingerprint density at radius 1 is 0.791 bits per heavy atom. The van der Waals surface area contributed by atoms with E-state index in [1.807, 2.05) is 18.2 Å². The highest BCUT2D eigenvalue weighted by Crippen LogP contribution is 2.32. The summed E-state index contributed by atoms with van der Waals surface area (Å²) >= 11 is 1.68. The van der Waals surface area contributed by atoms with Crippen LogP contribution in [-0.4, -0.2) is 12.5 Å². The van der Waals surface area contributed by atoms with Gasteiger partial charge < -0.3 is 10.1 Å². The number of nitrogens with one attached hydrogen (secondary N) is 1. The number of nitrogens with zero attached hydrogens (tertiary/aromatic N) is 1. The van der Waals surface area contributed by atoms with Crippen LogP contribution in [0.5, 0.6) is 5.75 Å². The van der Waals surface area contributed by atoms with Crippen LogP contribution in [0.25, 0.3) is 0 Å². The summed E-state index contributed by atoms with van der Waals surface area (Å²) in [5.41, 5.74) is 6.25. The van der Waals surface area contributed by atoms with Crippen molar-refractivity contribution in [1.29, 1.82) is 0 Å². The van der Waals surface area contributed by atoms with E-state index in [9.17, 15) is 4.79 Å². The number of thiazole rings is 1. The molecule has 0 aliphatic rings. The lowest BCUT2D eigenvalue weighted by Gasteiger charge is -2.24. The lowest BCUT2D eigenvalue weighted by molar-refractivity contribution is -0.683. The van der Waals surface area contributed by atoms with E-state index < -0.39 is 0 Å². The second kappa shape index (κ2) is 19.6. The van der Waals surface area contributed by atoms with Crippen LogP contribution in [0, 0.1) is 0 Å². The number of unbranched alkanes of at least 4 members (excludes halogenated alkanes) is 13. The molecule has 1 amide bonds. The van der Waals surface area contributed by atoms with Crippen molar-refractivity contribution in [2.45, 2.75) is 136 Å². The Morgan fingerprint density at radius 2 is 1.37 bits per heavy atom. The van der Waals surface area contributed by atoms with Gasteiger partial charge in [0.25, 0.3) is 0 Å². The number of carbonyl (C=O) groups is 1. The zero-order chi connectivity index (χ0) is 30.8. The number of amides is 1. The van der Waals surface area contributed by atoms with Gasteiger partial charge >= 0.3 is 0 Å². The first-order valence-electron chi connectivity index (χ1n) is 16.9. The molecule has 1 heterocycles.